The van der Waals surface area contributed by atoms with E-state index in [2.05, 4.69) is 5.10 Å². The van der Waals surface area contributed by atoms with Gasteiger partial charge in [0.05, 0.1) is 11.8 Å². The zero-order valence-electron chi connectivity index (χ0n) is 10.9. The highest BCUT2D eigenvalue weighted by Crippen LogP contribution is 2.26. The summed E-state index contributed by atoms with van der Waals surface area (Å²) in [5.41, 5.74) is 2.78. The predicted octanol–water partition coefficient (Wildman–Crippen LogP) is 2.36. The van der Waals surface area contributed by atoms with Crippen molar-refractivity contribution >= 4 is 0 Å². The lowest BCUT2D eigenvalue weighted by Crippen LogP contribution is -2.02. The molecule has 0 bridgehead atoms. The Balaban J connectivity index is 2.15. The smallest absolute Gasteiger partial charge is 0.132 e. The van der Waals surface area contributed by atoms with Crippen LogP contribution < -0.4 is 4.74 Å². The van der Waals surface area contributed by atoms with Crippen LogP contribution in [0.5, 0.6) is 5.75 Å². The van der Waals surface area contributed by atoms with Crippen LogP contribution in [0.25, 0.3) is 0 Å². The Labute approximate surface area is 107 Å². The highest BCUT2D eigenvalue weighted by Gasteiger charge is 2.10. The molecular weight excluding hydrogens is 228 g/mol. The van der Waals surface area contributed by atoms with E-state index in [0.717, 1.165) is 22.6 Å². The van der Waals surface area contributed by atoms with Crippen LogP contribution in [-0.2, 0) is 13.7 Å². The summed E-state index contributed by atoms with van der Waals surface area (Å²) in [7, 11) is 1.87. The number of nitrogens with zero attached hydrogens (tertiary/aromatic N) is 2. The van der Waals surface area contributed by atoms with Crippen molar-refractivity contribution in [1.29, 1.82) is 0 Å². The predicted molar refractivity (Wildman–Crippen MR) is 69.4 cm³/mol. The molecule has 2 aromatic rings. The molecule has 96 valence electrons. The Morgan fingerprint density at radius 2 is 2.17 bits per heavy atom. The molecule has 0 radical (unpaired) electrons. The van der Waals surface area contributed by atoms with E-state index in [0.29, 0.717) is 6.61 Å². The number of aromatic nitrogens is 2. The van der Waals surface area contributed by atoms with Gasteiger partial charge in [0.1, 0.15) is 12.4 Å². The molecule has 0 aliphatic heterocycles. The van der Waals surface area contributed by atoms with Crippen molar-refractivity contribution < 1.29 is 9.84 Å². The van der Waals surface area contributed by atoms with E-state index in [-0.39, 0.29) is 0 Å². The van der Waals surface area contributed by atoms with Crippen LogP contribution in [0.15, 0.2) is 30.5 Å². The van der Waals surface area contributed by atoms with Gasteiger partial charge >= 0.3 is 0 Å². The third kappa shape index (κ3) is 2.90. The van der Waals surface area contributed by atoms with Crippen molar-refractivity contribution in [3.8, 4) is 5.75 Å². The van der Waals surface area contributed by atoms with Gasteiger partial charge < -0.3 is 9.84 Å². The van der Waals surface area contributed by atoms with Gasteiger partial charge in [0.2, 0.25) is 0 Å². The second-order valence-electron chi connectivity index (χ2n) is 4.49. The second-order valence-corrected chi connectivity index (χ2v) is 4.49. The molecule has 1 aromatic carbocycles. The van der Waals surface area contributed by atoms with Crippen LogP contribution in [0.1, 0.15) is 29.8 Å². The number of hydrogen-bond acceptors (Lipinski definition) is 3. The molecule has 1 aromatic heterocycles. The third-order valence-electron chi connectivity index (χ3n) is 2.76. The van der Waals surface area contributed by atoms with Gasteiger partial charge in [0, 0.05) is 18.8 Å². The summed E-state index contributed by atoms with van der Waals surface area (Å²) in [5.74, 6) is 0.718. The maximum Gasteiger partial charge on any atom is 0.132 e. The first-order valence-electron chi connectivity index (χ1n) is 5.96. The first-order valence-corrected chi connectivity index (χ1v) is 5.96. The third-order valence-corrected chi connectivity index (χ3v) is 2.76. The van der Waals surface area contributed by atoms with E-state index < -0.39 is 6.10 Å². The molecular formula is C14H18N2O2. The van der Waals surface area contributed by atoms with Gasteiger partial charge in [-0.2, -0.15) is 5.10 Å². The molecule has 0 aliphatic carbocycles. The van der Waals surface area contributed by atoms with Gasteiger partial charge in [-0.15, -0.1) is 0 Å². The van der Waals surface area contributed by atoms with E-state index in [4.69, 9.17) is 4.74 Å². The first kappa shape index (κ1) is 12.6. The highest BCUT2D eigenvalue weighted by molar-refractivity contribution is 5.38. The summed E-state index contributed by atoms with van der Waals surface area (Å²) in [6, 6.07) is 7.71. The van der Waals surface area contributed by atoms with Crippen molar-refractivity contribution in [2.24, 2.45) is 7.05 Å². The standard InChI is InChI=1S/C14H18N2O2/c1-10-4-5-13(11(2)17)14(8-10)18-9-12-6-7-16(3)15-12/h4-8,11,17H,9H2,1-3H3/t11-/m1/s1. The summed E-state index contributed by atoms with van der Waals surface area (Å²) in [5, 5.41) is 13.9. The lowest BCUT2D eigenvalue weighted by atomic mass is 10.1. The Kier molecular flexibility index (Phi) is 3.67. The second kappa shape index (κ2) is 5.23. The van der Waals surface area contributed by atoms with Gasteiger partial charge in [-0.1, -0.05) is 12.1 Å². The molecule has 0 saturated carbocycles. The number of aliphatic hydroxyl groups is 1. The maximum atomic E-state index is 9.70. The fraction of sp³-hybridized carbons (Fsp3) is 0.357. The molecule has 0 unspecified atom stereocenters. The minimum absolute atomic E-state index is 0.407. The molecule has 1 N–H and O–H groups in total. The fourth-order valence-electron chi connectivity index (χ4n) is 1.80. The summed E-state index contributed by atoms with van der Waals surface area (Å²) in [4.78, 5) is 0. The van der Waals surface area contributed by atoms with Crippen molar-refractivity contribution in [3.05, 3.63) is 47.3 Å². The van der Waals surface area contributed by atoms with E-state index in [1.807, 2.05) is 44.4 Å². The molecule has 1 heterocycles. The number of aliphatic hydroxyl groups excluding tert-OH is 1. The maximum absolute atomic E-state index is 9.70. The monoisotopic (exact) mass is 246 g/mol. The molecule has 0 spiro atoms. The Morgan fingerprint density at radius 1 is 1.39 bits per heavy atom. The average Bonchev–Trinajstić information content (AvgIpc) is 2.72. The largest absolute Gasteiger partial charge is 0.487 e. The number of hydrogen-bond donors (Lipinski definition) is 1. The van der Waals surface area contributed by atoms with Crippen LogP contribution in [-0.4, -0.2) is 14.9 Å². The first-order chi connectivity index (χ1) is 8.56. The lowest BCUT2D eigenvalue weighted by molar-refractivity contribution is 0.189. The number of benzene rings is 1. The van der Waals surface area contributed by atoms with Crippen LogP contribution in [0.3, 0.4) is 0 Å². The Hall–Kier alpha value is -1.81. The summed E-state index contributed by atoms with van der Waals surface area (Å²) < 4.78 is 7.48. The lowest BCUT2D eigenvalue weighted by Gasteiger charge is -2.13. The molecule has 1 atom stereocenters. The summed E-state index contributed by atoms with van der Waals surface area (Å²) in [6.07, 6.45) is 1.34. The van der Waals surface area contributed by atoms with Gasteiger partial charge in [-0.25, -0.2) is 0 Å². The molecule has 4 nitrogen and oxygen atoms in total. The van der Waals surface area contributed by atoms with Crippen molar-refractivity contribution in [3.63, 3.8) is 0 Å². The SMILES string of the molecule is Cc1ccc([C@@H](C)O)c(OCc2ccn(C)n2)c1. The van der Waals surface area contributed by atoms with E-state index in [1.54, 1.807) is 11.6 Å². The van der Waals surface area contributed by atoms with Crippen LogP contribution >= 0.6 is 0 Å². The van der Waals surface area contributed by atoms with E-state index in [9.17, 15) is 5.11 Å². The topological polar surface area (TPSA) is 47.3 Å². The molecule has 2 rings (SSSR count). The van der Waals surface area contributed by atoms with Crippen LogP contribution in [0.4, 0.5) is 0 Å². The van der Waals surface area contributed by atoms with Gasteiger partial charge in [0.25, 0.3) is 0 Å². The van der Waals surface area contributed by atoms with Crippen molar-refractivity contribution in [2.45, 2.75) is 26.6 Å². The van der Waals surface area contributed by atoms with Gasteiger partial charge in [0.15, 0.2) is 0 Å². The summed E-state index contributed by atoms with van der Waals surface area (Å²) >= 11 is 0. The fourth-order valence-corrected chi connectivity index (χ4v) is 1.80. The van der Waals surface area contributed by atoms with E-state index in [1.165, 1.54) is 0 Å². The molecule has 0 aliphatic rings. The quantitative estimate of drug-likeness (QED) is 0.900. The number of rotatable bonds is 4. The molecule has 0 fully saturated rings. The molecule has 4 heteroatoms. The van der Waals surface area contributed by atoms with E-state index >= 15 is 0 Å². The van der Waals surface area contributed by atoms with Crippen LogP contribution in [0.2, 0.25) is 0 Å². The van der Waals surface area contributed by atoms with Gasteiger partial charge in [-0.05, 0) is 31.5 Å². The number of aryl methyl sites for hydroxylation is 2. The zero-order chi connectivity index (χ0) is 13.1. The Bertz CT molecular complexity index is 532. The summed E-state index contributed by atoms with van der Waals surface area (Å²) in [6.45, 7) is 4.14. The van der Waals surface area contributed by atoms with Crippen molar-refractivity contribution in [2.75, 3.05) is 0 Å². The highest BCUT2D eigenvalue weighted by atomic mass is 16.5. The average molecular weight is 246 g/mol. The molecule has 0 amide bonds. The molecule has 0 saturated heterocycles. The van der Waals surface area contributed by atoms with Crippen molar-refractivity contribution in [1.82, 2.24) is 9.78 Å². The van der Waals surface area contributed by atoms with Gasteiger partial charge in [-0.3, -0.25) is 4.68 Å². The minimum atomic E-state index is -0.538. The molecule has 18 heavy (non-hydrogen) atoms. The number of ether oxygens (including phenoxy) is 1. The zero-order valence-corrected chi connectivity index (χ0v) is 10.9. The Morgan fingerprint density at radius 3 is 2.78 bits per heavy atom. The minimum Gasteiger partial charge on any atom is -0.487 e. The normalized spacial score (nSPS) is 12.4. The van der Waals surface area contributed by atoms with Crippen LogP contribution in [0, 0.1) is 6.92 Å².